The fraction of sp³-hybridized carbons (Fsp3) is 0.350. The normalized spacial score (nSPS) is 22.0. The van der Waals surface area contributed by atoms with Crippen LogP contribution in [0.2, 0.25) is 0 Å². The van der Waals surface area contributed by atoms with Crippen LogP contribution in [0.5, 0.6) is 11.5 Å². The minimum atomic E-state index is -0.0886. The smallest absolute Gasteiger partial charge is 0.190 e. The van der Waals surface area contributed by atoms with Crippen molar-refractivity contribution in [1.29, 1.82) is 0 Å². The summed E-state index contributed by atoms with van der Waals surface area (Å²) in [5.74, 6) is 1.55. The van der Waals surface area contributed by atoms with Gasteiger partial charge in [0, 0.05) is 23.5 Å². The summed E-state index contributed by atoms with van der Waals surface area (Å²) in [6, 6.07) is 14.0. The van der Waals surface area contributed by atoms with Crippen LogP contribution in [0.1, 0.15) is 43.0 Å². The minimum Gasteiger partial charge on any atom is -0.507 e. The maximum absolute atomic E-state index is 10.3. The molecule has 4 nitrogen and oxygen atoms in total. The van der Waals surface area contributed by atoms with E-state index in [4.69, 9.17) is 9.84 Å². The highest BCUT2D eigenvalue weighted by atomic mass is 16.5. The summed E-state index contributed by atoms with van der Waals surface area (Å²) in [6.07, 6.45) is 0.690. The number of para-hydroxylation sites is 1. The van der Waals surface area contributed by atoms with Crippen molar-refractivity contribution in [2.24, 2.45) is 11.0 Å². The van der Waals surface area contributed by atoms with Crippen molar-refractivity contribution in [3.8, 4) is 11.5 Å². The summed E-state index contributed by atoms with van der Waals surface area (Å²) in [5, 5.41) is 17.2. The Morgan fingerprint density at radius 1 is 1.21 bits per heavy atom. The second-order valence-electron chi connectivity index (χ2n) is 6.96. The number of rotatable bonds is 2. The van der Waals surface area contributed by atoms with Gasteiger partial charge in [-0.05, 0) is 25.1 Å². The number of hydrogen-bond donors (Lipinski definition) is 1. The molecule has 2 aromatic carbocycles. The SMILES string of the molecule is Cc1ccc(O)c(C2=NN3[C@@H](C(C)C)Oc4ccccc4[C@@H]3C2)c1. The lowest BCUT2D eigenvalue weighted by atomic mass is 9.95. The van der Waals surface area contributed by atoms with E-state index in [-0.39, 0.29) is 18.0 Å². The Morgan fingerprint density at radius 3 is 2.79 bits per heavy atom. The molecule has 0 aliphatic carbocycles. The molecule has 2 aliphatic rings. The van der Waals surface area contributed by atoms with E-state index < -0.39 is 0 Å². The number of ether oxygens (including phenoxy) is 1. The van der Waals surface area contributed by atoms with Crippen molar-refractivity contribution in [2.75, 3.05) is 0 Å². The van der Waals surface area contributed by atoms with Crippen molar-refractivity contribution in [3.63, 3.8) is 0 Å². The number of nitrogens with zero attached hydrogens (tertiary/aromatic N) is 2. The van der Waals surface area contributed by atoms with Gasteiger partial charge in [-0.25, -0.2) is 5.01 Å². The van der Waals surface area contributed by atoms with Gasteiger partial charge >= 0.3 is 0 Å². The van der Waals surface area contributed by atoms with Gasteiger partial charge in [0.15, 0.2) is 6.23 Å². The Kier molecular flexibility index (Phi) is 3.48. The number of fused-ring (bicyclic) bond motifs is 3. The molecule has 2 aromatic rings. The summed E-state index contributed by atoms with van der Waals surface area (Å²) < 4.78 is 6.20. The van der Waals surface area contributed by atoms with Crippen LogP contribution in [0.3, 0.4) is 0 Å². The molecule has 0 saturated heterocycles. The highest BCUT2D eigenvalue weighted by Gasteiger charge is 2.41. The maximum Gasteiger partial charge on any atom is 0.190 e. The zero-order valence-corrected chi connectivity index (χ0v) is 14.2. The molecular formula is C20H22N2O2. The standard InChI is InChI=1S/C20H22N2O2/c1-12(2)20-22-17(14-6-4-5-7-19(14)24-20)11-16(21-22)15-10-13(3)8-9-18(15)23/h4-10,12,17,20,23H,11H2,1-3H3/t17-,20+/m0/s1. The Bertz CT molecular complexity index is 813. The van der Waals surface area contributed by atoms with Crippen LogP contribution >= 0.6 is 0 Å². The summed E-state index contributed by atoms with van der Waals surface area (Å²) in [6.45, 7) is 6.32. The summed E-state index contributed by atoms with van der Waals surface area (Å²) in [5.41, 5.74) is 4.03. The number of hydrazone groups is 1. The van der Waals surface area contributed by atoms with Crippen LogP contribution in [0.15, 0.2) is 47.6 Å². The van der Waals surface area contributed by atoms with E-state index in [0.29, 0.717) is 5.92 Å². The largest absolute Gasteiger partial charge is 0.507 e. The molecule has 0 saturated carbocycles. The third kappa shape index (κ3) is 2.33. The summed E-state index contributed by atoms with van der Waals surface area (Å²) >= 11 is 0. The molecule has 4 heteroatoms. The molecule has 0 aromatic heterocycles. The Balaban J connectivity index is 1.78. The zero-order valence-electron chi connectivity index (χ0n) is 14.2. The second-order valence-corrected chi connectivity index (χ2v) is 6.96. The number of phenolic OH excluding ortho intramolecular Hbond substituents is 1. The molecule has 1 N–H and O–H groups in total. The van der Waals surface area contributed by atoms with Gasteiger partial charge in [0.05, 0.1) is 11.8 Å². The van der Waals surface area contributed by atoms with Crippen molar-refractivity contribution in [3.05, 3.63) is 59.2 Å². The second kappa shape index (κ2) is 5.55. The van der Waals surface area contributed by atoms with E-state index >= 15 is 0 Å². The molecule has 0 unspecified atom stereocenters. The van der Waals surface area contributed by atoms with Gasteiger partial charge in [-0.15, -0.1) is 0 Å². The summed E-state index contributed by atoms with van der Waals surface area (Å²) in [7, 11) is 0. The van der Waals surface area contributed by atoms with Gasteiger partial charge < -0.3 is 9.84 Å². The van der Waals surface area contributed by atoms with Crippen molar-refractivity contribution in [1.82, 2.24) is 5.01 Å². The minimum absolute atomic E-state index is 0.0886. The first-order valence-electron chi connectivity index (χ1n) is 8.46. The maximum atomic E-state index is 10.3. The van der Waals surface area contributed by atoms with Crippen molar-refractivity contribution in [2.45, 2.75) is 39.5 Å². The number of hydrogen-bond acceptors (Lipinski definition) is 4. The van der Waals surface area contributed by atoms with Crippen LogP contribution in [0.4, 0.5) is 0 Å². The lowest BCUT2D eigenvalue weighted by Gasteiger charge is -2.39. The predicted molar refractivity (Wildman–Crippen MR) is 94.3 cm³/mol. The lowest BCUT2D eigenvalue weighted by Crippen LogP contribution is -2.43. The van der Waals surface area contributed by atoms with E-state index in [9.17, 15) is 5.11 Å². The highest BCUT2D eigenvalue weighted by Crippen LogP contribution is 2.44. The highest BCUT2D eigenvalue weighted by molar-refractivity contribution is 6.04. The number of aromatic hydroxyl groups is 1. The molecule has 4 rings (SSSR count). The van der Waals surface area contributed by atoms with Crippen molar-refractivity contribution < 1.29 is 9.84 Å². The van der Waals surface area contributed by atoms with Gasteiger partial charge in [0.1, 0.15) is 11.5 Å². The lowest BCUT2D eigenvalue weighted by molar-refractivity contribution is -0.0461. The van der Waals surface area contributed by atoms with Crippen LogP contribution in [0, 0.1) is 12.8 Å². The molecule has 2 atom stereocenters. The van der Waals surface area contributed by atoms with Crippen LogP contribution in [-0.4, -0.2) is 22.1 Å². The first-order chi connectivity index (χ1) is 11.5. The topological polar surface area (TPSA) is 45.1 Å². The van der Waals surface area contributed by atoms with E-state index in [1.807, 2.05) is 37.3 Å². The molecule has 0 amide bonds. The number of phenols is 1. The van der Waals surface area contributed by atoms with Gasteiger partial charge in [0.25, 0.3) is 0 Å². The molecular weight excluding hydrogens is 300 g/mol. The van der Waals surface area contributed by atoms with Gasteiger partial charge in [-0.1, -0.05) is 43.7 Å². The first-order valence-corrected chi connectivity index (χ1v) is 8.46. The summed E-state index contributed by atoms with van der Waals surface area (Å²) in [4.78, 5) is 0. The Hall–Kier alpha value is -2.49. The van der Waals surface area contributed by atoms with E-state index in [1.165, 1.54) is 5.56 Å². The molecule has 0 radical (unpaired) electrons. The molecule has 0 spiro atoms. The van der Waals surface area contributed by atoms with Gasteiger partial charge in [-0.2, -0.15) is 5.10 Å². The predicted octanol–water partition coefficient (Wildman–Crippen LogP) is 4.23. The molecule has 0 bridgehead atoms. The van der Waals surface area contributed by atoms with Gasteiger partial charge in [-0.3, -0.25) is 0 Å². The Labute approximate surface area is 142 Å². The third-order valence-corrected chi connectivity index (χ3v) is 4.76. The molecule has 2 heterocycles. The van der Waals surface area contributed by atoms with Crippen molar-refractivity contribution >= 4 is 5.71 Å². The first kappa shape index (κ1) is 15.1. The fourth-order valence-electron chi connectivity index (χ4n) is 3.55. The molecule has 2 aliphatic heterocycles. The molecule has 0 fully saturated rings. The number of benzene rings is 2. The fourth-order valence-corrected chi connectivity index (χ4v) is 3.55. The van der Waals surface area contributed by atoms with Crippen LogP contribution < -0.4 is 4.74 Å². The quantitative estimate of drug-likeness (QED) is 0.900. The molecule has 124 valence electrons. The van der Waals surface area contributed by atoms with E-state index in [1.54, 1.807) is 6.07 Å². The average Bonchev–Trinajstić information content (AvgIpc) is 3.01. The third-order valence-electron chi connectivity index (χ3n) is 4.76. The monoisotopic (exact) mass is 322 g/mol. The van der Waals surface area contributed by atoms with Gasteiger partial charge in [0.2, 0.25) is 0 Å². The molecule has 24 heavy (non-hydrogen) atoms. The van der Waals surface area contributed by atoms with E-state index in [0.717, 1.165) is 29.0 Å². The van der Waals surface area contributed by atoms with E-state index in [2.05, 4.69) is 24.9 Å². The zero-order chi connectivity index (χ0) is 16.8. The Morgan fingerprint density at radius 2 is 2.00 bits per heavy atom. The number of aryl methyl sites for hydroxylation is 1. The van der Waals surface area contributed by atoms with Crippen LogP contribution in [-0.2, 0) is 0 Å². The average molecular weight is 322 g/mol. The van der Waals surface area contributed by atoms with Crippen LogP contribution in [0.25, 0.3) is 0 Å².